The topological polar surface area (TPSA) is 97.2 Å². The van der Waals surface area contributed by atoms with Crippen molar-refractivity contribution in [3.05, 3.63) is 118 Å². The molecular weight excluding hydrogens is 516 g/mol. The molecule has 1 aliphatic rings. The highest BCUT2D eigenvalue weighted by atomic mass is 16.7. The Morgan fingerprint density at radius 1 is 0.902 bits per heavy atom. The molecule has 0 aliphatic carbocycles. The molecule has 0 saturated heterocycles. The van der Waals surface area contributed by atoms with Gasteiger partial charge in [-0.2, -0.15) is 10.1 Å². The predicted octanol–water partition coefficient (Wildman–Crippen LogP) is 4.77. The summed E-state index contributed by atoms with van der Waals surface area (Å²) in [7, 11) is 0. The lowest BCUT2D eigenvalue weighted by Crippen LogP contribution is -2.37. The van der Waals surface area contributed by atoms with Crippen molar-refractivity contribution in [1.82, 2.24) is 24.1 Å². The van der Waals surface area contributed by atoms with Crippen LogP contribution in [0.5, 0.6) is 0 Å². The Bertz CT molecular complexity index is 1760. The van der Waals surface area contributed by atoms with Gasteiger partial charge in [-0.05, 0) is 41.7 Å². The SMILES string of the molecule is CCCc1c(Cc2ccc(-c3ccccc3C3=NOC(O)N3CCC)cc2)c(=O)n(-c2ccccc2)c2ncnn12. The molecule has 41 heavy (non-hydrogen) atoms. The minimum absolute atomic E-state index is 0.0802. The molecule has 3 aromatic carbocycles. The average molecular weight is 549 g/mol. The van der Waals surface area contributed by atoms with E-state index >= 15 is 0 Å². The zero-order chi connectivity index (χ0) is 28.3. The first-order chi connectivity index (χ1) is 20.1. The van der Waals surface area contributed by atoms with E-state index in [2.05, 4.69) is 53.4 Å². The van der Waals surface area contributed by atoms with Crippen LogP contribution in [-0.2, 0) is 17.7 Å². The molecule has 208 valence electrons. The summed E-state index contributed by atoms with van der Waals surface area (Å²) >= 11 is 0. The van der Waals surface area contributed by atoms with Gasteiger partial charge < -0.3 is 9.94 Å². The molecule has 1 unspecified atom stereocenters. The second-order valence-electron chi connectivity index (χ2n) is 10.1. The monoisotopic (exact) mass is 548 g/mol. The average Bonchev–Trinajstić information content (AvgIpc) is 3.63. The van der Waals surface area contributed by atoms with E-state index < -0.39 is 6.41 Å². The molecule has 0 fully saturated rings. The Kier molecular flexibility index (Phi) is 7.35. The van der Waals surface area contributed by atoms with Crippen molar-refractivity contribution in [3.8, 4) is 16.8 Å². The van der Waals surface area contributed by atoms with Gasteiger partial charge in [0.25, 0.3) is 5.56 Å². The number of benzene rings is 3. The number of rotatable bonds is 9. The lowest BCUT2D eigenvalue weighted by Gasteiger charge is -2.22. The predicted molar refractivity (Wildman–Crippen MR) is 158 cm³/mol. The van der Waals surface area contributed by atoms with E-state index in [0.717, 1.165) is 52.9 Å². The quantitative estimate of drug-likeness (QED) is 0.285. The number of aliphatic hydroxyl groups excluding tert-OH is 1. The van der Waals surface area contributed by atoms with Gasteiger partial charge in [0.1, 0.15) is 6.33 Å². The summed E-state index contributed by atoms with van der Waals surface area (Å²) in [5.74, 6) is 1.13. The van der Waals surface area contributed by atoms with E-state index in [0.29, 0.717) is 30.1 Å². The number of nitrogens with zero attached hydrogens (tertiary/aromatic N) is 6. The molecule has 9 heteroatoms. The maximum atomic E-state index is 14.0. The van der Waals surface area contributed by atoms with Gasteiger partial charge in [-0.15, -0.1) is 0 Å². The molecule has 0 spiro atoms. The summed E-state index contributed by atoms with van der Waals surface area (Å²) in [6, 6.07) is 25.8. The van der Waals surface area contributed by atoms with E-state index in [9.17, 15) is 9.90 Å². The van der Waals surface area contributed by atoms with Crippen molar-refractivity contribution in [2.24, 2.45) is 5.16 Å². The standard InChI is InChI=1S/C32H32N6O3/c1-3-10-28-27(30(39)37(24-11-6-5-7-12-24)31-33-21-34-38(28)31)20-22-15-17-23(18-16-22)25-13-8-9-14-26(25)29-35-41-32(40)36(29)19-4-2/h5-9,11-18,21,32,40H,3-4,10,19-20H2,1-2H3. The number of oxime groups is 1. The summed E-state index contributed by atoms with van der Waals surface area (Å²) in [5, 5.41) is 18.9. The zero-order valence-electron chi connectivity index (χ0n) is 23.1. The second kappa shape index (κ2) is 11.4. The minimum atomic E-state index is -1.08. The van der Waals surface area contributed by atoms with Gasteiger partial charge in [0.15, 0.2) is 5.84 Å². The Morgan fingerprint density at radius 2 is 1.63 bits per heavy atom. The van der Waals surface area contributed by atoms with Gasteiger partial charge in [0.05, 0.1) is 11.4 Å². The number of hydrogen-bond acceptors (Lipinski definition) is 7. The molecule has 0 saturated carbocycles. The number of aromatic nitrogens is 4. The molecule has 0 amide bonds. The van der Waals surface area contributed by atoms with E-state index in [4.69, 9.17) is 4.84 Å². The third-order valence-corrected chi connectivity index (χ3v) is 7.35. The molecule has 2 aromatic heterocycles. The van der Waals surface area contributed by atoms with Crippen LogP contribution in [0, 0.1) is 0 Å². The van der Waals surface area contributed by atoms with Crippen LogP contribution in [0.15, 0.2) is 95.1 Å². The summed E-state index contributed by atoms with van der Waals surface area (Å²) in [6.45, 7) is 4.78. The van der Waals surface area contributed by atoms with Gasteiger partial charge in [-0.1, -0.05) is 92.2 Å². The minimum Gasteiger partial charge on any atom is -0.340 e. The van der Waals surface area contributed by atoms with Crippen LogP contribution in [-0.4, -0.2) is 48.0 Å². The molecule has 1 N–H and O–H groups in total. The van der Waals surface area contributed by atoms with E-state index in [-0.39, 0.29) is 5.56 Å². The number of aryl methyl sites for hydroxylation is 1. The third kappa shape index (κ3) is 4.89. The van der Waals surface area contributed by atoms with Crippen molar-refractivity contribution in [1.29, 1.82) is 0 Å². The van der Waals surface area contributed by atoms with Gasteiger partial charge in [-0.25, -0.2) is 9.08 Å². The number of amidine groups is 1. The second-order valence-corrected chi connectivity index (χ2v) is 10.1. The lowest BCUT2D eigenvalue weighted by atomic mass is 9.95. The fraction of sp³-hybridized carbons (Fsp3) is 0.250. The fourth-order valence-electron chi connectivity index (χ4n) is 5.44. The van der Waals surface area contributed by atoms with E-state index in [1.54, 1.807) is 14.0 Å². The number of para-hydroxylation sites is 1. The highest BCUT2D eigenvalue weighted by Crippen LogP contribution is 2.29. The van der Waals surface area contributed by atoms with Crippen LogP contribution in [0.25, 0.3) is 22.6 Å². The van der Waals surface area contributed by atoms with E-state index in [1.165, 1.54) is 6.33 Å². The maximum absolute atomic E-state index is 14.0. The largest absolute Gasteiger partial charge is 0.340 e. The highest BCUT2D eigenvalue weighted by Gasteiger charge is 2.30. The van der Waals surface area contributed by atoms with Crippen molar-refractivity contribution in [2.75, 3.05) is 6.54 Å². The van der Waals surface area contributed by atoms with E-state index in [1.807, 2.05) is 54.6 Å². The first-order valence-corrected chi connectivity index (χ1v) is 14.0. The summed E-state index contributed by atoms with van der Waals surface area (Å²) in [4.78, 5) is 25.4. The summed E-state index contributed by atoms with van der Waals surface area (Å²) in [6.07, 6.45) is 3.34. The van der Waals surface area contributed by atoms with Crippen molar-refractivity contribution < 1.29 is 9.94 Å². The molecule has 5 aromatic rings. The maximum Gasteiger partial charge on any atom is 0.307 e. The Labute approximate surface area is 238 Å². The first-order valence-electron chi connectivity index (χ1n) is 14.0. The number of aliphatic hydroxyl groups is 1. The van der Waals surface area contributed by atoms with Crippen molar-refractivity contribution >= 4 is 11.6 Å². The van der Waals surface area contributed by atoms with Gasteiger partial charge in [0, 0.05) is 24.1 Å². The van der Waals surface area contributed by atoms with Gasteiger partial charge in [-0.3, -0.25) is 9.69 Å². The van der Waals surface area contributed by atoms with Crippen LogP contribution in [0.3, 0.4) is 0 Å². The molecule has 0 radical (unpaired) electrons. The number of fused-ring (bicyclic) bond motifs is 1. The fourth-order valence-corrected chi connectivity index (χ4v) is 5.44. The summed E-state index contributed by atoms with van der Waals surface area (Å²) in [5.41, 5.74) is 6.17. The smallest absolute Gasteiger partial charge is 0.307 e. The highest BCUT2D eigenvalue weighted by molar-refractivity contribution is 6.04. The van der Waals surface area contributed by atoms with Gasteiger partial charge in [0.2, 0.25) is 5.78 Å². The van der Waals surface area contributed by atoms with Crippen LogP contribution >= 0.6 is 0 Å². The Hall–Kier alpha value is -4.76. The normalized spacial score (nSPS) is 14.9. The molecule has 6 rings (SSSR count). The third-order valence-electron chi connectivity index (χ3n) is 7.35. The Morgan fingerprint density at radius 3 is 2.37 bits per heavy atom. The molecule has 1 atom stereocenters. The molecular formula is C32H32N6O3. The Balaban J connectivity index is 1.38. The summed E-state index contributed by atoms with van der Waals surface area (Å²) < 4.78 is 3.45. The molecule has 1 aliphatic heterocycles. The van der Waals surface area contributed by atoms with Crippen LogP contribution in [0.4, 0.5) is 0 Å². The zero-order valence-corrected chi connectivity index (χ0v) is 23.1. The number of hydrogen-bond donors (Lipinski definition) is 1. The molecule has 9 nitrogen and oxygen atoms in total. The van der Waals surface area contributed by atoms with Crippen molar-refractivity contribution in [2.45, 2.75) is 45.9 Å². The van der Waals surface area contributed by atoms with Crippen LogP contribution < -0.4 is 5.56 Å². The van der Waals surface area contributed by atoms with Gasteiger partial charge >= 0.3 is 6.41 Å². The lowest BCUT2D eigenvalue weighted by molar-refractivity contribution is -0.145. The van der Waals surface area contributed by atoms with Crippen molar-refractivity contribution in [3.63, 3.8) is 0 Å². The first kappa shape index (κ1) is 26.5. The molecule has 3 heterocycles. The van der Waals surface area contributed by atoms with Crippen LogP contribution in [0.2, 0.25) is 0 Å². The molecule has 0 bridgehead atoms. The van der Waals surface area contributed by atoms with Crippen LogP contribution in [0.1, 0.15) is 49.1 Å².